The van der Waals surface area contributed by atoms with E-state index in [0.717, 1.165) is 23.9 Å². The highest BCUT2D eigenvalue weighted by atomic mass is 32.1. The van der Waals surface area contributed by atoms with Gasteiger partial charge in [-0.2, -0.15) is 0 Å². The van der Waals surface area contributed by atoms with E-state index in [2.05, 4.69) is 4.98 Å². The highest BCUT2D eigenvalue weighted by Crippen LogP contribution is 2.16. The van der Waals surface area contributed by atoms with Gasteiger partial charge in [0.05, 0.1) is 5.69 Å². The number of nitrogens with zero attached hydrogens (tertiary/aromatic N) is 1. The molecule has 2 aromatic rings. The van der Waals surface area contributed by atoms with Gasteiger partial charge in [0.2, 0.25) is 0 Å². The molecular weight excluding hydrogens is 218 g/mol. The fourth-order valence-corrected chi connectivity index (χ4v) is 1.67. The van der Waals surface area contributed by atoms with E-state index < -0.39 is 11.6 Å². The molecule has 1 heterocycles. The van der Waals surface area contributed by atoms with Gasteiger partial charge in [0.25, 0.3) is 0 Å². The van der Waals surface area contributed by atoms with Crippen LogP contribution < -0.4 is 0 Å². The summed E-state index contributed by atoms with van der Waals surface area (Å²) < 4.78 is 28.1. The van der Waals surface area contributed by atoms with E-state index in [1.54, 1.807) is 13.1 Å². The van der Waals surface area contributed by atoms with E-state index in [1.165, 1.54) is 4.57 Å². The van der Waals surface area contributed by atoms with E-state index in [0.29, 0.717) is 4.77 Å². The quantitative estimate of drug-likeness (QED) is 0.741. The average molecular weight is 226 g/mol. The van der Waals surface area contributed by atoms with Gasteiger partial charge in [0.1, 0.15) is 11.6 Å². The first kappa shape index (κ1) is 10.0. The van der Waals surface area contributed by atoms with Gasteiger partial charge in [-0.15, -0.1) is 0 Å². The van der Waals surface area contributed by atoms with Gasteiger partial charge in [0, 0.05) is 18.0 Å². The first-order valence-corrected chi connectivity index (χ1v) is 4.72. The van der Waals surface area contributed by atoms with Gasteiger partial charge in [-0.05, 0) is 31.3 Å². The second-order valence-electron chi connectivity index (χ2n) is 3.21. The third-order valence-corrected chi connectivity index (χ3v) is 2.31. The van der Waals surface area contributed by atoms with E-state index >= 15 is 0 Å². The molecule has 1 aromatic carbocycles. The molecule has 5 heteroatoms. The maximum Gasteiger partial charge on any atom is 0.182 e. The number of imidazole rings is 1. The molecule has 0 aliphatic heterocycles. The van der Waals surface area contributed by atoms with Crippen molar-refractivity contribution in [1.29, 1.82) is 0 Å². The summed E-state index contributed by atoms with van der Waals surface area (Å²) in [6, 6.07) is 3.26. The zero-order chi connectivity index (χ0) is 11.0. The fraction of sp³-hybridized carbons (Fsp3) is 0.100. The molecule has 2 nitrogen and oxygen atoms in total. The zero-order valence-corrected chi connectivity index (χ0v) is 8.74. The Morgan fingerprint density at radius 2 is 2.07 bits per heavy atom. The van der Waals surface area contributed by atoms with E-state index in [4.69, 9.17) is 12.2 Å². The number of rotatable bonds is 1. The van der Waals surface area contributed by atoms with Crippen LogP contribution in [0.1, 0.15) is 5.69 Å². The van der Waals surface area contributed by atoms with Gasteiger partial charge >= 0.3 is 0 Å². The second kappa shape index (κ2) is 3.58. The second-order valence-corrected chi connectivity index (χ2v) is 3.59. The summed E-state index contributed by atoms with van der Waals surface area (Å²) in [7, 11) is 0. The van der Waals surface area contributed by atoms with Gasteiger partial charge in [-0.3, -0.25) is 4.57 Å². The van der Waals surface area contributed by atoms with Gasteiger partial charge < -0.3 is 4.98 Å². The van der Waals surface area contributed by atoms with Crippen LogP contribution >= 0.6 is 12.2 Å². The Labute approximate surface area is 90.2 Å². The van der Waals surface area contributed by atoms with Crippen molar-refractivity contribution in [2.75, 3.05) is 0 Å². The minimum atomic E-state index is -0.508. The fourth-order valence-electron chi connectivity index (χ4n) is 1.36. The normalized spacial score (nSPS) is 10.6. The van der Waals surface area contributed by atoms with Gasteiger partial charge in [-0.25, -0.2) is 8.78 Å². The van der Waals surface area contributed by atoms with Crippen molar-refractivity contribution < 1.29 is 8.78 Å². The number of hydrogen-bond acceptors (Lipinski definition) is 1. The Hall–Kier alpha value is -1.49. The monoisotopic (exact) mass is 226 g/mol. The van der Waals surface area contributed by atoms with E-state index in [1.807, 2.05) is 0 Å². The summed E-state index contributed by atoms with van der Waals surface area (Å²) in [6.45, 7) is 1.80. The first-order chi connectivity index (χ1) is 7.08. The van der Waals surface area contributed by atoms with Crippen molar-refractivity contribution >= 4 is 12.2 Å². The van der Waals surface area contributed by atoms with E-state index in [-0.39, 0.29) is 5.69 Å². The smallest absolute Gasteiger partial charge is 0.182 e. The predicted octanol–water partition coefficient (Wildman–Crippen LogP) is 3.12. The molecule has 0 saturated heterocycles. The van der Waals surface area contributed by atoms with Crippen LogP contribution in [-0.4, -0.2) is 9.55 Å². The van der Waals surface area contributed by atoms with Crippen LogP contribution in [0.4, 0.5) is 8.78 Å². The largest absolute Gasteiger partial charge is 0.335 e. The molecule has 0 unspecified atom stereocenters. The van der Waals surface area contributed by atoms with Crippen LogP contribution in [0.5, 0.6) is 0 Å². The molecule has 0 atom stereocenters. The zero-order valence-electron chi connectivity index (χ0n) is 7.92. The van der Waals surface area contributed by atoms with E-state index in [9.17, 15) is 8.78 Å². The Bertz CT molecular complexity index is 557. The molecule has 1 N–H and O–H groups in total. The third-order valence-electron chi connectivity index (χ3n) is 2.01. The molecule has 1 aromatic heterocycles. The van der Waals surface area contributed by atoms with Crippen molar-refractivity contribution in [2.24, 2.45) is 0 Å². The Morgan fingerprint density at radius 1 is 1.33 bits per heavy atom. The van der Waals surface area contributed by atoms with Crippen LogP contribution in [0, 0.1) is 23.3 Å². The Kier molecular flexibility index (Phi) is 2.40. The van der Waals surface area contributed by atoms with Gasteiger partial charge in [-0.1, -0.05) is 0 Å². The van der Waals surface area contributed by atoms with Crippen LogP contribution in [0.25, 0.3) is 5.69 Å². The van der Waals surface area contributed by atoms with Crippen LogP contribution in [0.3, 0.4) is 0 Å². The molecule has 0 radical (unpaired) electrons. The molecule has 0 amide bonds. The number of aromatic nitrogens is 2. The molecule has 0 aliphatic carbocycles. The van der Waals surface area contributed by atoms with Crippen molar-refractivity contribution in [3.8, 4) is 5.69 Å². The van der Waals surface area contributed by atoms with Gasteiger partial charge in [0.15, 0.2) is 4.77 Å². The highest BCUT2D eigenvalue weighted by Gasteiger charge is 2.07. The van der Waals surface area contributed by atoms with Crippen LogP contribution in [0.15, 0.2) is 24.4 Å². The van der Waals surface area contributed by atoms with Crippen LogP contribution in [-0.2, 0) is 0 Å². The molecule has 0 bridgehead atoms. The Balaban J connectivity index is 2.68. The molecule has 78 valence electrons. The van der Waals surface area contributed by atoms with Crippen LogP contribution in [0.2, 0.25) is 0 Å². The van der Waals surface area contributed by atoms with Crippen molar-refractivity contribution in [3.05, 3.63) is 46.5 Å². The number of benzene rings is 1. The summed E-state index contributed by atoms with van der Waals surface area (Å²) in [5.74, 6) is -1.00. The number of nitrogens with one attached hydrogen (secondary N) is 1. The Morgan fingerprint density at radius 3 is 2.67 bits per heavy atom. The number of aromatic amines is 1. The number of aryl methyl sites for hydroxylation is 1. The van der Waals surface area contributed by atoms with Crippen molar-refractivity contribution in [1.82, 2.24) is 9.55 Å². The lowest BCUT2D eigenvalue weighted by molar-refractivity contribution is 0.592. The molecular formula is C10H8F2N2S. The maximum atomic E-state index is 13.4. The predicted molar refractivity (Wildman–Crippen MR) is 55.6 cm³/mol. The SMILES string of the molecule is Cc1cn(-c2cc(F)ccc2F)c(=S)[nH]1. The maximum absolute atomic E-state index is 13.4. The summed E-state index contributed by atoms with van der Waals surface area (Å²) in [5.41, 5.74) is 0.910. The molecule has 0 spiro atoms. The number of hydrogen-bond donors (Lipinski definition) is 1. The summed E-state index contributed by atoms with van der Waals surface area (Å²) in [6.07, 6.45) is 1.63. The lowest BCUT2D eigenvalue weighted by Gasteiger charge is -2.03. The topological polar surface area (TPSA) is 20.7 Å². The summed E-state index contributed by atoms with van der Waals surface area (Å²) in [5, 5.41) is 0. The molecule has 2 rings (SSSR count). The third kappa shape index (κ3) is 1.83. The first-order valence-electron chi connectivity index (χ1n) is 4.31. The summed E-state index contributed by atoms with van der Waals surface area (Å²) in [4.78, 5) is 2.84. The molecule has 0 saturated carbocycles. The molecule has 0 aliphatic rings. The standard InChI is InChI=1S/C10H8F2N2S/c1-6-5-14(10(15)13-6)9-4-7(11)2-3-8(9)12/h2-5H,1H3,(H,13,15). The van der Waals surface area contributed by atoms with Crippen molar-refractivity contribution in [3.63, 3.8) is 0 Å². The lowest BCUT2D eigenvalue weighted by Crippen LogP contribution is -1.97. The highest BCUT2D eigenvalue weighted by molar-refractivity contribution is 7.71. The van der Waals surface area contributed by atoms with Crippen molar-refractivity contribution in [2.45, 2.75) is 6.92 Å². The lowest BCUT2D eigenvalue weighted by atomic mass is 10.3. The molecule has 15 heavy (non-hydrogen) atoms. The number of halogens is 2. The molecule has 0 fully saturated rings. The summed E-state index contributed by atoms with van der Waals surface area (Å²) >= 11 is 4.98. The average Bonchev–Trinajstić information content (AvgIpc) is 2.50. The number of H-pyrrole nitrogens is 1. The minimum absolute atomic E-state index is 0.115. The minimum Gasteiger partial charge on any atom is -0.335 e.